The van der Waals surface area contributed by atoms with E-state index in [0.29, 0.717) is 0 Å². The van der Waals surface area contributed by atoms with Crippen molar-refractivity contribution in [3.05, 3.63) is 40.6 Å². The van der Waals surface area contributed by atoms with Crippen molar-refractivity contribution in [3.63, 3.8) is 0 Å². The number of hydrogen-bond donors (Lipinski definition) is 11. The summed E-state index contributed by atoms with van der Waals surface area (Å²) < 4.78 is 27.7. The van der Waals surface area contributed by atoms with Crippen molar-refractivity contribution < 1.29 is 79.5 Å². The van der Waals surface area contributed by atoms with Crippen LogP contribution in [-0.4, -0.2) is 131 Å². The summed E-state index contributed by atoms with van der Waals surface area (Å²) in [7, 11) is 0. The summed E-state index contributed by atoms with van der Waals surface area (Å²) in [6, 6.07) is 5.27. The van der Waals surface area contributed by atoms with E-state index in [1.54, 1.807) is 0 Å². The van der Waals surface area contributed by atoms with Crippen LogP contribution in [0.2, 0.25) is 0 Å². The first-order valence-corrected chi connectivity index (χ1v) is 13.2. The molecule has 17 nitrogen and oxygen atoms in total. The van der Waals surface area contributed by atoms with Crippen molar-refractivity contribution in [3.8, 4) is 40.1 Å². The fourth-order valence-corrected chi connectivity index (χ4v) is 4.94. The van der Waals surface area contributed by atoms with Crippen LogP contribution in [0.4, 0.5) is 0 Å². The molecule has 2 saturated heterocycles. The second-order valence-corrected chi connectivity index (χ2v) is 10.2. The van der Waals surface area contributed by atoms with Gasteiger partial charge in [0.1, 0.15) is 59.6 Å². The lowest BCUT2D eigenvalue weighted by Crippen LogP contribution is -2.65. The summed E-state index contributed by atoms with van der Waals surface area (Å²) >= 11 is 0. The molecule has 5 rings (SSSR count). The van der Waals surface area contributed by atoms with Crippen LogP contribution >= 0.6 is 0 Å². The zero-order valence-electron chi connectivity index (χ0n) is 22.4. The zero-order valence-corrected chi connectivity index (χ0v) is 22.4. The number of aromatic hydroxyl groups is 4. The van der Waals surface area contributed by atoms with E-state index in [2.05, 4.69) is 0 Å². The topological polar surface area (TPSA) is 290 Å². The van der Waals surface area contributed by atoms with Crippen LogP contribution in [0, 0.1) is 0 Å². The zero-order chi connectivity index (χ0) is 32.0. The molecule has 2 aliphatic heterocycles. The van der Waals surface area contributed by atoms with Gasteiger partial charge in [0.15, 0.2) is 40.7 Å². The van der Waals surface area contributed by atoms with E-state index in [1.165, 1.54) is 6.07 Å². The number of aliphatic hydroxyl groups is 7. The van der Waals surface area contributed by atoms with Crippen molar-refractivity contribution in [2.75, 3.05) is 13.2 Å². The molecule has 44 heavy (non-hydrogen) atoms. The number of ether oxygens (including phenoxy) is 4. The van der Waals surface area contributed by atoms with Crippen LogP contribution in [0.15, 0.2) is 39.5 Å². The van der Waals surface area contributed by atoms with Crippen molar-refractivity contribution in [2.24, 2.45) is 0 Å². The molecule has 0 amide bonds. The predicted molar refractivity (Wildman–Crippen MR) is 142 cm³/mol. The summed E-state index contributed by atoms with van der Waals surface area (Å²) in [4.78, 5) is 12.9. The Hall–Kier alpha value is -3.75. The molecule has 17 heteroatoms. The molecule has 2 aliphatic rings. The Labute approximate surface area is 246 Å². The molecule has 3 aromatic rings. The number of fused-ring (bicyclic) bond motifs is 1. The van der Waals surface area contributed by atoms with Crippen molar-refractivity contribution in [2.45, 2.75) is 61.4 Å². The lowest BCUT2D eigenvalue weighted by atomic mass is 9.97. The van der Waals surface area contributed by atoms with Gasteiger partial charge in [0.2, 0.25) is 12.0 Å². The molecular formula is C27H30O17. The summed E-state index contributed by atoms with van der Waals surface area (Å²) in [5.41, 5.74) is -1.29. The molecule has 2 fully saturated rings. The number of phenolic OH excluding ortho intramolecular Hbond substituents is 4. The van der Waals surface area contributed by atoms with Crippen LogP contribution in [0.1, 0.15) is 0 Å². The van der Waals surface area contributed by atoms with E-state index in [-0.39, 0.29) is 11.3 Å². The first-order valence-electron chi connectivity index (χ1n) is 13.2. The standard InChI is InChI=1S/C27H30O17/c28-6-15-18(34)21(37)23(39)26(42-15)44-25-22(38)19(35)16(7-29)43-27(25)41-14-5-12(33)17-11(32)4-13(40-24(17)20(14)36)8-1-2-9(30)10(31)3-8/h1-5,15-16,18-19,21-23,25-31,33-39H,6-7H2/t15-,16-,18-,19-,21-,22+,23-,25-,26-,27-/m1/s1. The van der Waals surface area contributed by atoms with E-state index < -0.39 is 120 Å². The Bertz CT molecular complexity index is 1560. The fraction of sp³-hybridized carbons (Fsp3) is 0.444. The molecular weight excluding hydrogens is 596 g/mol. The molecule has 0 spiro atoms. The number of phenols is 4. The Morgan fingerprint density at radius 2 is 1.34 bits per heavy atom. The average Bonchev–Trinajstić information content (AvgIpc) is 3.00. The molecule has 0 bridgehead atoms. The van der Waals surface area contributed by atoms with Crippen molar-refractivity contribution in [1.82, 2.24) is 0 Å². The summed E-state index contributed by atoms with van der Waals surface area (Å²) in [6.45, 7) is -1.64. The quantitative estimate of drug-likeness (QED) is 0.0938. The van der Waals surface area contributed by atoms with Gasteiger partial charge in [-0.25, -0.2) is 0 Å². The molecule has 10 atom stereocenters. The minimum atomic E-state index is -1.93. The summed E-state index contributed by atoms with van der Waals surface area (Å²) in [5.74, 6) is -3.39. The van der Waals surface area contributed by atoms with E-state index in [1.807, 2.05) is 0 Å². The molecule has 2 aromatic carbocycles. The van der Waals surface area contributed by atoms with Gasteiger partial charge in [0, 0.05) is 17.7 Å². The van der Waals surface area contributed by atoms with Gasteiger partial charge in [-0.05, 0) is 18.2 Å². The molecule has 11 N–H and O–H groups in total. The third-order valence-electron chi connectivity index (χ3n) is 7.39. The van der Waals surface area contributed by atoms with Gasteiger partial charge >= 0.3 is 0 Å². The van der Waals surface area contributed by atoms with E-state index in [0.717, 1.165) is 24.3 Å². The van der Waals surface area contributed by atoms with Crippen molar-refractivity contribution in [1.29, 1.82) is 0 Å². The Morgan fingerprint density at radius 1 is 0.705 bits per heavy atom. The summed E-state index contributed by atoms with van der Waals surface area (Å²) in [6.07, 6.45) is -17.6. The van der Waals surface area contributed by atoms with E-state index >= 15 is 0 Å². The van der Waals surface area contributed by atoms with E-state index in [4.69, 9.17) is 23.4 Å². The van der Waals surface area contributed by atoms with Gasteiger partial charge in [-0.2, -0.15) is 0 Å². The van der Waals surface area contributed by atoms with Crippen LogP contribution in [0.5, 0.6) is 28.7 Å². The Kier molecular flexibility index (Phi) is 8.87. The lowest BCUT2D eigenvalue weighted by molar-refractivity contribution is -0.358. The Balaban J connectivity index is 1.52. The maximum atomic E-state index is 12.9. The van der Waals surface area contributed by atoms with Crippen LogP contribution < -0.4 is 10.2 Å². The lowest BCUT2D eigenvalue weighted by Gasteiger charge is -2.45. The number of hydrogen-bond acceptors (Lipinski definition) is 17. The fourth-order valence-electron chi connectivity index (χ4n) is 4.94. The first-order chi connectivity index (χ1) is 20.9. The normalized spacial score (nSPS) is 32.5. The maximum Gasteiger partial charge on any atom is 0.229 e. The van der Waals surface area contributed by atoms with Crippen LogP contribution in [0.3, 0.4) is 0 Å². The SMILES string of the molecule is O=c1cc(-c2ccc(O)c(O)c2)oc2c(O)c(O[C@@H]3O[C@H](CO)[C@@H](O)[C@H](O)[C@H]3O[C@H]3O[C@H](CO)[C@@H](O)[C@@H](O)[C@H]3O)cc(O)c12. The molecule has 0 aliphatic carbocycles. The van der Waals surface area contributed by atoms with Gasteiger partial charge in [-0.1, -0.05) is 0 Å². The molecule has 240 valence electrons. The third kappa shape index (κ3) is 5.61. The second kappa shape index (κ2) is 12.3. The molecule has 3 heterocycles. The third-order valence-corrected chi connectivity index (χ3v) is 7.39. The predicted octanol–water partition coefficient (Wildman–Crippen LogP) is -2.71. The highest BCUT2D eigenvalue weighted by molar-refractivity contribution is 5.91. The molecule has 1 aromatic heterocycles. The van der Waals surface area contributed by atoms with Crippen LogP contribution in [-0.2, 0) is 14.2 Å². The van der Waals surface area contributed by atoms with Gasteiger partial charge in [0.05, 0.1) is 13.2 Å². The highest BCUT2D eigenvalue weighted by atomic mass is 16.8. The minimum absolute atomic E-state index is 0.107. The average molecular weight is 627 g/mol. The maximum absolute atomic E-state index is 12.9. The van der Waals surface area contributed by atoms with E-state index in [9.17, 15) is 61.0 Å². The number of benzene rings is 2. The smallest absolute Gasteiger partial charge is 0.229 e. The highest BCUT2D eigenvalue weighted by Gasteiger charge is 2.51. The minimum Gasteiger partial charge on any atom is -0.507 e. The highest BCUT2D eigenvalue weighted by Crippen LogP contribution is 2.42. The Morgan fingerprint density at radius 3 is 1.98 bits per heavy atom. The number of rotatable bonds is 7. The van der Waals surface area contributed by atoms with Gasteiger partial charge in [-0.3, -0.25) is 4.79 Å². The molecule has 0 unspecified atom stereocenters. The second-order valence-electron chi connectivity index (χ2n) is 10.2. The first kappa shape index (κ1) is 31.7. The van der Waals surface area contributed by atoms with Gasteiger partial charge < -0.3 is 79.5 Å². The van der Waals surface area contributed by atoms with Gasteiger partial charge in [0.25, 0.3) is 0 Å². The van der Waals surface area contributed by atoms with Crippen molar-refractivity contribution >= 4 is 11.0 Å². The van der Waals surface area contributed by atoms with Gasteiger partial charge in [-0.15, -0.1) is 0 Å². The number of aliphatic hydroxyl groups excluding tert-OH is 7. The molecule has 0 radical (unpaired) electrons. The largest absolute Gasteiger partial charge is 0.507 e. The van der Waals surface area contributed by atoms with Crippen LogP contribution in [0.25, 0.3) is 22.3 Å². The summed E-state index contributed by atoms with van der Waals surface area (Å²) in [5, 5.41) is 112. The molecule has 0 saturated carbocycles. The monoisotopic (exact) mass is 626 g/mol.